The Morgan fingerprint density at radius 1 is 1.16 bits per heavy atom. The third kappa shape index (κ3) is 2.76. The summed E-state index contributed by atoms with van der Waals surface area (Å²) in [7, 11) is 0. The van der Waals surface area contributed by atoms with Gasteiger partial charge in [0.1, 0.15) is 0 Å². The first-order chi connectivity index (χ1) is 9.06. The van der Waals surface area contributed by atoms with Gasteiger partial charge in [-0.2, -0.15) is 0 Å². The van der Waals surface area contributed by atoms with Crippen molar-refractivity contribution in [3.05, 3.63) is 51.5 Å². The van der Waals surface area contributed by atoms with Crippen LogP contribution in [0.2, 0.25) is 0 Å². The average molecular weight is 337 g/mol. The van der Waals surface area contributed by atoms with E-state index in [-0.39, 0.29) is 26.1 Å². The summed E-state index contributed by atoms with van der Waals surface area (Å²) in [5.41, 5.74) is 2.32. The van der Waals surface area contributed by atoms with Crippen LogP contribution in [0.3, 0.4) is 0 Å². The quantitative estimate of drug-likeness (QED) is 0.488. The van der Waals surface area contributed by atoms with Crippen LogP contribution in [0.5, 0.6) is 0 Å². The van der Waals surface area contributed by atoms with Crippen molar-refractivity contribution in [3.63, 3.8) is 0 Å². The van der Waals surface area contributed by atoms with Gasteiger partial charge < -0.3 is 0 Å². The molecule has 4 heteroatoms. The van der Waals surface area contributed by atoms with Gasteiger partial charge in [-0.1, -0.05) is 0 Å². The van der Waals surface area contributed by atoms with Crippen molar-refractivity contribution in [2.45, 2.75) is 17.6 Å². The minimum absolute atomic E-state index is 0.0442. The zero-order valence-electron chi connectivity index (χ0n) is 11.0. The summed E-state index contributed by atoms with van der Waals surface area (Å²) in [5.74, 6) is 0.112. The second-order valence-electron chi connectivity index (χ2n) is 4.17. The second kappa shape index (κ2) is 5.91. The van der Waals surface area contributed by atoms with Crippen molar-refractivity contribution in [1.29, 1.82) is 0 Å². The number of ketones is 2. The second-order valence-corrected chi connectivity index (χ2v) is 7.72. The Labute approximate surface area is 123 Å². The first kappa shape index (κ1) is 14.3. The topological polar surface area (TPSA) is 34.1 Å². The van der Waals surface area contributed by atoms with E-state index in [1.165, 1.54) is 0 Å². The summed E-state index contributed by atoms with van der Waals surface area (Å²) in [6.45, 7) is 3.46. The Morgan fingerprint density at radius 3 is 2.26 bits per heavy atom. The van der Waals surface area contributed by atoms with E-state index in [9.17, 15) is 9.59 Å². The van der Waals surface area contributed by atoms with E-state index in [1.807, 2.05) is 43.5 Å². The molecular formula is C15H14O2SSe. The van der Waals surface area contributed by atoms with Crippen LogP contribution in [0.4, 0.5) is 0 Å². The van der Waals surface area contributed by atoms with E-state index in [4.69, 9.17) is 0 Å². The molecule has 1 aromatic carbocycles. The number of Topliss-reactive ketones (excluding diaryl/α,β-unsaturated/α-hetero) is 1. The van der Waals surface area contributed by atoms with Gasteiger partial charge in [-0.15, -0.1) is 0 Å². The third-order valence-corrected chi connectivity index (χ3v) is 7.23. The van der Waals surface area contributed by atoms with Gasteiger partial charge in [0, 0.05) is 0 Å². The number of carbonyl (C=O) groups excluding carboxylic acids is 2. The molecule has 0 saturated heterocycles. The summed E-state index contributed by atoms with van der Waals surface area (Å²) >= 11 is 1.54. The van der Waals surface area contributed by atoms with Crippen molar-refractivity contribution < 1.29 is 9.59 Å². The van der Waals surface area contributed by atoms with Gasteiger partial charge in [0.25, 0.3) is 0 Å². The molecule has 0 fully saturated rings. The van der Waals surface area contributed by atoms with Crippen molar-refractivity contribution in [1.82, 2.24) is 0 Å². The van der Waals surface area contributed by atoms with Crippen LogP contribution >= 0.6 is 11.8 Å². The molecule has 0 bridgehead atoms. The zero-order valence-corrected chi connectivity index (χ0v) is 13.5. The van der Waals surface area contributed by atoms with Gasteiger partial charge in [-0.3, -0.25) is 0 Å². The molecule has 0 aliphatic heterocycles. The zero-order chi connectivity index (χ0) is 14.0. The number of carbonyl (C=O) groups is 2. The number of hydrogen-bond donors (Lipinski definition) is 0. The summed E-state index contributed by atoms with van der Waals surface area (Å²) in [4.78, 5) is 24.2. The van der Waals surface area contributed by atoms with Crippen molar-refractivity contribution in [2.75, 3.05) is 6.26 Å². The van der Waals surface area contributed by atoms with E-state index in [0.717, 1.165) is 19.3 Å². The van der Waals surface area contributed by atoms with Crippen molar-refractivity contribution >= 4 is 37.8 Å². The molecule has 0 N–H and O–H groups in total. The first-order valence-corrected chi connectivity index (χ1v) is 8.78. The molecule has 98 valence electrons. The van der Waals surface area contributed by atoms with E-state index >= 15 is 0 Å². The molecule has 0 radical (unpaired) electrons. The van der Waals surface area contributed by atoms with Gasteiger partial charge in [0.15, 0.2) is 0 Å². The van der Waals surface area contributed by atoms with Gasteiger partial charge in [0.2, 0.25) is 0 Å². The maximum atomic E-state index is 12.5. The van der Waals surface area contributed by atoms with Crippen LogP contribution in [-0.2, 0) is 0 Å². The Kier molecular flexibility index (Phi) is 4.46. The molecule has 2 rings (SSSR count). The van der Waals surface area contributed by atoms with Crippen LogP contribution in [0.15, 0.2) is 34.1 Å². The van der Waals surface area contributed by atoms with Crippen molar-refractivity contribution in [3.8, 4) is 0 Å². The van der Waals surface area contributed by atoms with Crippen molar-refractivity contribution in [2.24, 2.45) is 0 Å². The molecule has 1 aromatic heterocycles. The fraction of sp³-hybridized carbons (Fsp3) is 0.200. The molecule has 0 aliphatic rings. The van der Waals surface area contributed by atoms with E-state index in [2.05, 4.69) is 0 Å². The minimum atomic E-state index is -0.0442. The average Bonchev–Trinajstić information content (AvgIpc) is 2.76. The monoisotopic (exact) mass is 338 g/mol. The molecular weight excluding hydrogens is 323 g/mol. The van der Waals surface area contributed by atoms with Crippen LogP contribution in [0.25, 0.3) is 0 Å². The number of benzene rings is 1. The molecule has 0 spiro atoms. The maximum absolute atomic E-state index is 12.5. The van der Waals surface area contributed by atoms with Gasteiger partial charge >= 0.3 is 123 Å². The summed E-state index contributed by atoms with van der Waals surface area (Å²) in [6.07, 6.45) is 1.96. The molecule has 0 saturated carbocycles. The first-order valence-electron chi connectivity index (χ1n) is 5.84. The summed E-state index contributed by atoms with van der Waals surface area (Å²) in [6, 6.07) is 9.26. The number of hydrogen-bond acceptors (Lipinski definition) is 3. The Hall–Kier alpha value is -1.09. The molecule has 2 nitrogen and oxygen atoms in total. The normalized spacial score (nSPS) is 10.5. The predicted octanol–water partition coefficient (Wildman–Crippen LogP) is 3.21. The van der Waals surface area contributed by atoms with E-state index < -0.39 is 0 Å². The molecule has 19 heavy (non-hydrogen) atoms. The standard InChI is InChI=1S/C15H14O2SSe/c1-9-12(10(2)16)15(18-3)19-14(9)13(17)11-7-5-4-6-8-11/h4-8H,1-3H3. The molecule has 0 unspecified atom stereocenters. The molecule has 2 aromatic rings. The fourth-order valence-electron chi connectivity index (χ4n) is 1.98. The van der Waals surface area contributed by atoms with Crippen LogP contribution in [0.1, 0.15) is 37.6 Å². The Balaban J connectivity index is 2.53. The summed E-state index contributed by atoms with van der Waals surface area (Å²) < 4.78 is 1.88. The van der Waals surface area contributed by atoms with Crippen LogP contribution in [0, 0.1) is 6.92 Å². The Morgan fingerprint density at radius 2 is 1.79 bits per heavy atom. The number of thioether (sulfide) groups is 1. The van der Waals surface area contributed by atoms with E-state index in [1.54, 1.807) is 18.7 Å². The summed E-state index contributed by atoms with van der Waals surface area (Å²) in [5, 5.41) is 0. The fourth-order valence-corrected chi connectivity index (χ4v) is 5.72. The predicted molar refractivity (Wildman–Crippen MR) is 79.8 cm³/mol. The van der Waals surface area contributed by atoms with Crippen LogP contribution in [-0.4, -0.2) is 32.3 Å². The third-order valence-electron chi connectivity index (χ3n) is 2.89. The van der Waals surface area contributed by atoms with Gasteiger partial charge in [-0.25, -0.2) is 0 Å². The van der Waals surface area contributed by atoms with E-state index in [0.29, 0.717) is 5.56 Å². The SMILES string of the molecule is CSc1[se]c(C(=O)c2ccccc2)c(C)c1C(C)=O. The molecule has 0 aliphatic carbocycles. The molecule has 0 atom stereocenters. The van der Waals surface area contributed by atoms with Crippen LogP contribution < -0.4 is 0 Å². The molecule has 0 amide bonds. The Bertz CT molecular complexity index is 629. The number of rotatable bonds is 4. The van der Waals surface area contributed by atoms with Gasteiger partial charge in [-0.05, 0) is 0 Å². The molecule has 1 heterocycles. The van der Waals surface area contributed by atoms with Gasteiger partial charge in [0.05, 0.1) is 0 Å².